The highest BCUT2D eigenvalue weighted by Crippen LogP contribution is 2.23. The molecule has 0 spiro atoms. The largest absolute Gasteiger partial charge is 0.378 e. The van der Waals surface area contributed by atoms with Crippen LogP contribution in [0.25, 0.3) is 0 Å². The topological polar surface area (TPSA) is 100 Å². The lowest BCUT2D eigenvalue weighted by Crippen LogP contribution is -2.33. The number of nitro benzene ring substituents is 1. The molecule has 2 N–H and O–H groups in total. The van der Waals surface area contributed by atoms with Gasteiger partial charge in [0.15, 0.2) is 0 Å². The third kappa shape index (κ3) is 2.81. The number of nitrogens with zero attached hydrogens (tertiary/aromatic N) is 2. The summed E-state index contributed by atoms with van der Waals surface area (Å²) in [6.07, 6.45) is 0.0155. The molecule has 1 unspecified atom stereocenters. The molecular formula is C12H14N4O3. The highest BCUT2D eigenvalue weighted by molar-refractivity contribution is 5.62. The second-order valence-electron chi connectivity index (χ2n) is 4.28. The molecule has 1 heterocycles. The summed E-state index contributed by atoms with van der Waals surface area (Å²) in [5.74, 6) is 0. The van der Waals surface area contributed by atoms with Gasteiger partial charge in [-0.1, -0.05) is 0 Å². The van der Waals surface area contributed by atoms with E-state index in [1.165, 1.54) is 12.1 Å². The monoisotopic (exact) mass is 262 g/mol. The first-order chi connectivity index (χ1) is 9.15. The van der Waals surface area contributed by atoms with Crippen molar-refractivity contribution in [3.8, 4) is 6.07 Å². The number of non-ortho nitro benzene ring substituents is 1. The molecule has 0 bridgehead atoms. The Morgan fingerprint density at radius 2 is 2.37 bits per heavy atom. The number of hydrogen-bond donors (Lipinski definition) is 2. The standard InChI is InChI=1S/C12H14N4O3/c1-19-12-7-14-6-11(12)15-10-3-2-9(16(17)18)4-8(10)5-13/h2-4,11-12,14-15H,6-7H2,1H3/t11?,12-/m0/s1. The van der Waals surface area contributed by atoms with Crippen molar-refractivity contribution < 1.29 is 9.66 Å². The molecule has 1 saturated heterocycles. The lowest BCUT2D eigenvalue weighted by Gasteiger charge is -2.20. The summed E-state index contributed by atoms with van der Waals surface area (Å²) < 4.78 is 5.32. The minimum absolute atomic E-state index is 0.0155. The average molecular weight is 262 g/mol. The highest BCUT2D eigenvalue weighted by atomic mass is 16.6. The van der Waals surface area contributed by atoms with Gasteiger partial charge in [0.1, 0.15) is 6.07 Å². The van der Waals surface area contributed by atoms with E-state index in [2.05, 4.69) is 10.6 Å². The zero-order valence-electron chi connectivity index (χ0n) is 10.4. The smallest absolute Gasteiger partial charge is 0.270 e. The Morgan fingerprint density at radius 1 is 1.58 bits per heavy atom. The number of nitriles is 1. The van der Waals surface area contributed by atoms with E-state index in [9.17, 15) is 10.1 Å². The molecule has 0 amide bonds. The minimum atomic E-state index is -0.514. The molecule has 100 valence electrons. The predicted molar refractivity (Wildman–Crippen MR) is 68.9 cm³/mol. The first-order valence-corrected chi connectivity index (χ1v) is 5.84. The van der Waals surface area contributed by atoms with Crippen molar-refractivity contribution in [3.63, 3.8) is 0 Å². The summed E-state index contributed by atoms with van der Waals surface area (Å²) in [7, 11) is 1.63. The lowest BCUT2D eigenvalue weighted by atomic mass is 10.1. The van der Waals surface area contributed by atoms with Crippen LogP contribution in [-0.2, 0) is 4.74 Å². The quantitative estimate of drug-likeness (QED) is 0.616. The second-order valence-corrected chi connectivity index (χ2v) is 4.28. The normalized spacial score (nSPS) is 21.9. The maximum absolute atomic E-state index is 10.7. The molecule has 1 aliphatic rings. The van der Waals surface area contributed by atoms with Crippen LogP contribution in [0.2, 0.25) is 0 Å². The van der Waals surface area contributed by atoms with E-state index < -0.39 is 4.92 Å². The number of benzene rings is 1. The highest BCUT2D eigenvalue weighted by Gasteiger charge is 2.27. The van der Waals surface area contributed by atoms with Gasteiger partial charge in [-0.25, -0.2) is 0 Å². The summed E-state index contributed by atoms with van der Waals surface area (Å²) in [6.45, 7) is 1.46. The third-order valence-corrected chi connectivity index (χ3v) is 3.14. The number of anilines is 1. The molecule has 0 aromatic heterocycles. The fourth-order valence-electron chi connectivity index (χ4n) is 2.11. The van der Waals surface area contributed by atoms with E-state index in [0.717, 1.165) is 13.1 Å². The molecule has 1 fully saturated rings. The molecule has 0 aliphatic carbocycles. The summed E-state index contributed by atoms with van der Waals surface area (Å²) in [6, 6.07) is 6.22. The second kappa shape index (κ2) is 5.65. The van der Waals surface area contributed by atoms with Crippen LogP contribution in [0.3, 0.4) is 0 Å². The fraction of sp³-hybridized carbons (Fsp3) is 0.417. The van der Waals surface area contributed by atoms with Crippen molar-refractivity contribution in [1.82, 2.24) is 5.32 Å². The van der Waals surface area contributed by atoms with Crippen molar-refractivity contribution in [1.29, 1.82) is 5.26 Å². The van der Waals surface area contributed by atoms with Gasteiger partial charge in [0, 0.05) is 32.3 Å². The number of methoxy groups -OCH3 is 1. The van der Waals surface area contributed by atoms with Gasteiger partial charge >= 0.3 is 0 Å². The summed E-state index contributed by atoms with van der Waals surface area (Å²) >= 11 is 0. The van der Waals surface area contributed by atoms with Gasteiger partial charge in [0.05, 0.1) is 28.3 Å². The van der Waals surface area contributed by atoms with Gasteiger partial charge in [-0.2, -0.15) is 5.26 Å². The number of hydrogen-bond acceptors (Lipinski definition) is 6. The SMILES string of the molecule is CO[C@H]1CNCC1Nc1ccc([N+](=O)[O-])cc1C#N. The summed E-state index contributed by atoms with van der Waals surface area (Å²) in [5.41, 5.74) is 0.759. The Balaban J connectivity index is 2.21. The Bertz CT molecular complexity index is 526. The third-order valence-electron chi connectivity index (χ3n) is 3.14. The van der Waals surface area contributed by atoms with Gasteiger partial charge in [-0.15, -0.1) is 0 Å². The first kappa shape index (κ1) is 13.3. The predicted octanol–water partition coefficient (Wildman–Crippen LogP) is 0.865. The number of nitrogens with one attached hydrogen (secondary N) is 2. The van der Waals surface area contributed by atoms with E-state index in [1.807, 2.05) is 6.07 Å². The molecule has 1 aliphatic heterocycles. The minimum Gasteiger partial charge on any atom is -0.378 e. The van der Waals surface area contributed by atoms with Crippen LogP contribution in [0.5, 0.6) is 0 Å². The van der Waals surface area contributed by atoms with Crippen LogP contribution in [0.15, 0.2) is 18.2 Å². The summed E-state index contributed by atoms with van der Waals surface area (Å²) in [5, 5.41) is 26.1. The van der Waals surface area contributed by atoms with Crippen molar-refractivity contribution in [2.75, 3.05) is 25.5 Å². The zero-order chi connectivity index (χ0) is 13.8. The molecule has 7 nitrogen and oxygen atoms in total. The molecule has 19 heavy (non-hydrogen) atoms. The Kier molecular flexibility index (Phi) is 3.94. The molecule has 2 atom stereocenters. The molecule has 1 aromatic carbocycles. The van der Waals surface area contributed by atoms with Gasteiger partial charge < -0.3 is 15.4 Å². The van der Waals surface area contributed by atoms with E-state index >= 15 is 0 Å². The molecule has 0 radical (unpaired) electrons. The van der Waals surface area contributed by atoms with Crippen LogP contribution in [-0.4, -0.2) is 37.3 Å². The lowest BCUT2D eigenvalue weighted by molar-refractivity contribution is -0.384. The summed E-state index contributed by atoms with van der Waals surface area (Å²) in [4.78, 5) is 10.2. The molecular weight excluding hydrogens is 248 g/mol. The molecule has 7 heteroatoms. The van der Waals surface area contributed by atoms with E-state index in [-0.39, 0.29) is 23.4 Å². The van der Waals surface area contributed by atoms with Crippen molar-refractivity contribution in [2.24, 2.45) is 0 Å². The van der Waals surface area contributed by atoms with Crippen LogP contribution < -0.4 is 10.6 Å². The van der Waals surface area contributed by atoms with Crippen LogP contribution in [0, 0.1) is 21.4 Å². The van der Waals surface area contributed by atoms with E-state index in [0.29, 0.717) is 5.69 Å². The Morgan fingerprint density at radius 3 is 3.00 bits per heavy atom. The average Bonchev–Trinajstić information content (AvgIpc) is 2.86. The zero-order valence-corrected chi connectivity index (χ0v) is 10.4. The Labute approximate surface area is 110 Å². The van der Waals surface area contributed by atoms with Gasteiger partial charge in [-0.3, -0.25) is 10.1 Å². The van der Waals surface area contributed by atoms with Crippen LogP contribution in [0.4, 0.5) is 11.4 Å². The molecule has 0 saturated carbocycles. The van der Waals surface area contributed by atoms with Gasteiger partial charge in [0.2, 0.25) is 0 Å². The first-order valence-electron chi connectivity index (χ1n) is 5.84. The van der Waals surface area contributed by atoms with Crippen molar-refractivity contribution >= 4 is 11.4 Å². The maximum atomic E-state index is 10.7. The van der Waals surface area contributed by atoms with Crippen LogP contribution in [0.1, 0.15) is 5.56 Å². The maximum Gasteiger partial charge on any atom is 0.270 e. The molecule has 1 aromatic rings. The Hall–Kier alpha value is -2.17. The molecule has 2 rings (SSSR count). The van der Waals surface area contributed by atoms with Gasteiger partial charge in [-0.05, 0) is 6.07 Å². The number of rotatable bonds is 4. The fourth-order valence-corrected chi connectivity index (χ4v) is 2.11. The van der Waals surface area contributed by atoms with Crippen molar-refractivity contribution in [2.45, 2.75) is 12.1 Å². The van der Waals surface area contributed by atoms with E-state index in [1.54, 1.807) is 13.2 Å². The van der Waals surface area contributed by atoms with Crippen LogP contribution >= 0.6 is 0 Å². The number of nitro groups is 1. The number of ether oxygens (including phenoxy) is 1. The van der Waals surface area contributed by atoms with Crippen molar-refractivity contribution in [3.05, 3.63) is 33.9 Å². The van der Waals surface area contributed by atoms with Gasteiger partial charge in [0.25, 0.3) is 5.69 Å². The van der Waals surface area contributed by atoms with E-state index in [4.69, 9.17) is 10.00 Å².